The molecule has 2 aromatic heterocycles. The van der Waals surface area contributed by atoms with Gasteiger partial charge in [0, 0.05) is 12.7 Å². The average molecular weight is 395 g/mol. The monoisotopic (exact) mass is 395 g/mol. The summed E-state index contributed by atoms with van der Waals surface area (Å²) in [5, 5.41) is 7.22. The number of rotatable bonds is 6. The van der Waals surface area contributed by atoms with E-state index in [1.807, 2.05) is 32.1 Å². The predicted octanol–water partition coefficient (Wildman–Crippen LogP) is 4.72. The molecule has 7 nitrogen and oxygen atoms in total. The summed E-state index contributed by atoms with van der Waals surface area (Å²) in [5.74, 6) is 1.57. The van der Waals surface area contributed by atoms with Gasteiger partial charge in [0.25, 0.3) is 0 Å². The number of thiazole rings is 1. The molecule has 2 aliphatic rings. The van der Waals surface area contributed by atoms with Crippen LogP contribution in [0.15, 0.2) is 60.2 Å². The molecular weight excluding hydrogens is 374 g/mol. The van der Waals surface area contributed by atoms with Crippen molar-refractivity contribution in [1.29, 1.82) is 0 Å². The fourth-order valence-corrected chi connectivity index (χ4v) is 3.85. The quantitative estimate of drug-likeness (QED) is 0.733. The number of anilines is 2. The lowest BCUT2D eigenvalue weighted by atomic mass is 10.0. The molecule has 2 aromatic rings. The van der Waals surface area contributed by atoms with E-state index < -0.39 is 0 Å². The Morgan fingerprint density at radius 2 is 2.18 bits per heavy atom. The van der Waals surface area contributed by atoms with Gasteiger partial charge < -0.3 is 14.8 Å². The summed E-state index contributed by atoms with van der Waals surface area (Å²) >= 11 is 1.58. The molecule has 0 fully saturated rings. The molecule has 28 heavy (non-hydrogen) atoms. The van der Waals surface area contributed by atoms with Crippen LogP contribution in [0.1, 0.15) is 25.5 Å². The van der Waals surface area contributed by atoms with Crippen molar-refractivity contribution in [3.05, 3.63) is 65.9 Å². The molecule has 0 radical (unpaired) electrons. The highest BCUT2D eigenvalue weighted by Crippen LogP contribution is 2.32. The maximum absolute atomic E-state index is 5.92. The second kappa shape index (κ2) is 8.26. The minimum absolute atomic E-state index is 0.434. The van der Waals surface area contributed by atoms with E-state index in [-0.39, 0.29) is 0 Å². The Morgan fingerprint density at radius 3 is 3.00 bits per heavy atom. The molecule has 0 saturated carbocycles. The van der Waals surface area contributed by atoms with E-state index in [2.05, 4.69) is 31.7 Å². The Kier molecular flexibility index (Phi) is 5.38. The third kappa shape index (κ3) is 4.07. The summed E-state index contributed by atoms with van der Waals surface area (Å²) in [4.78, 5) is 14.4. The summed E-state index contributed by atoms with van der Waals surface area (Å²) in [6, 6.07) is 1.87. The highest BCUT2D eigenvalue weighted by atomic mass is 32.1. The molecule has 0 atom stereocenters. The highest BCUT2D eigenvalue weighted by molar-refractivity contribution is 7.19. The molecule has 0 saturated heterocycles. The molecule has 0 aromatic carbocycles. The van der Waals surface area contributed by atoms with E-state index in [9.17, 15) is 0 Å². The van der Waals surface area contributed by atoms with E-state index in [1.165, 1.54) is 6.26 Å². The molecule has 1 aliphatic heterocycles. The van der Waals surface area contributed by atoms with Gasteiger partial charge in [-0.05, 0) is 38.3 Å². The normalized spacial score (nSPS) is 15.7. The van der Waals surface area contributed by atoms with Crippen molar-refractivity contribution in [2.45, 2.75) is 26.7 Å². The van der Waals surface area contributed by atoms with Crippen molar-refractivity contribution in [2.24, 2.45) is 0 Å². The zero-order valence-electron chi connectivity index (χ0n) is 15.7. The topological polar surface area (TPSA) is 81.2 Å². The Bertz CT molecular complexity index is 990. The number of allylic oxidation sites excluding steroid dienone is 4. The number of aromatic nitrogens is 3. The largest absolute Gasteiger partial charge is 0.463 e. The molecule has 4 rings (SSSR count). The smallest absolute Gasteiger partial charge is 0.235 e. The Morgan fingerprint density at radius 1 is 1.25 bits per heavy atom. The van der Waals surface area contributed by atoms with Crippen LogP contribution in [0.25, 0.3) is 10.6 Å². The van der Waals surface area contributed by atoms with Gasteiger partial charge in [-0.15, -0.1) is 0 Å². The standard InChI is InChI=1S/C20H21N5O2S/c1-3-21-20-23-13(2)18(28-20)15-9-10-22-19(24-15)25-17-12-26-11-16(27-17)14-7-5-4-6-8-14/h4-5,7,9-12H,3,6,8H2,1-2H3,(H,21,23)(H,22,24,25). The third-order valence-corrected chi connectivity index (χ3v) is 5.29. The van der Waals surface area contributed by atoms with Crippen LogP contribution in [0.5, 0.6) is 0 Å². The van der Waals surface area contributed by atoms with Crippen LogP contribution in [0.3, 0.4) is 0 Å². The number of ether oxygens (including phenoxy) is 2. The van der Waals surface area contributed by atoms with Crippen LogP contribution < -0.4 is 10.6 Å². The van der Waals surface area contributed by atoms with Gasteiger partial charge in [0.1, 0.15) is 6.26 Å². The van der Waals surface area contributed by atoms with Crippen LogP contribution in [0.4, 0.5) is 11.1 Å². The van der Waals surface area contributed by atoms with Crippen LogP contribution in [-0.4, -0.2) is 21.5 Å². The number of nitrogens with zero attached hydrogens (tertiary/aromatic N) is 3. The van der Waals surface area contributed by atoms with Crippen LogP contribution >= 0.6 is 11.3 Å². The first-order chi connectivity index (χ1) is 13.7. The van der Waals surface area contributed by atoms with Crippen molar-refractivity contribution in [3.8, 4) is 10.6 Å². The van der Waals surface area contributed by atoms with Crippen LogP contribution in [-0.2, 0) is 9.47 Å². The molecule has 144 valence electrons. The van der Waals surface area contributed by atoms with Gasteiger partial charge in [-0.1, -0.05) is 29.6 Å². The van der Waals surface area contributed by atoms with Crippen molar-refractivity contribution < 1.29 is 9.47 Å². The molecule has 0 bridgehead atoms. The summed E-state index contributed by atoms with van der Waals surface area (Å²) in [5.41, 5.74) is 2.84. The lowest BCUT2D eigenvalue weighted by molar-refractivity contribution is 0.233. The van der Waals surface area contributed by atoms with Crippen LogP contribution in [0.2, 0.25) is 0 Å². The molecule has 2 N–H and O–H groups in total. The summed E-state index contributed by atoms with van der Waals surface area (Å²) < 4.78 is 11.4. The zero-order valence-corrected chi connectivity index (χ0v) is 16.5. The minimum atomic E-state index is 0.434. The van der Waals surface area contributed by atoms with Crippen molar-refractivity contribution >= 4 is 22.4 Å². The van der Waals surface area contributed by atoms with E-state index >= 15 is 0 Å². The SMILES string of the molecule is CCNc1nc(C)c(-c2ccnc(NC3=COC=C(C4=CC=CCC4)O3)n2)s1. The summed E-state index contributed by atoms with van der Waals surface area (Å²) in [6.45, 7) is 4.86. The first kappa shape index (κ1) is 18.2. The Balaban J connectivity index is 1.49. The van der Waals surface area contributed by atoms with E-state index in [4.69, 9.17) is 9.47 Å². The van der Waals surface area contributed by atoms with Gasteiger partial charge in [0.2, 0.25) is 11.8 Å². The first-order valence-electron chi connectivity index (χ1n) is 9.14. The molecule has 8 heteroatoms. The second-order valence-corrected chi connectivity index (χ2v) is 7.21. The van der Waals surface area contributed by atoms with Crippen molar-refractivity contribution in [2.75, 3.05) is 17.2 Å². The van der Waals surface area contributed by atoms with E-state index in [0.29, 0.717) is 17.6 Å². The van der Waals surface area contributed by atoms with E-state index in [1.54, 1.807) is 23.8 Å². The van der Waals surface area contributed by atoms with Gasteiger partial charge in [-0.3, -0.25) is 5.32 Å². The lowest BCUT2D eigenvalue weighted by Gasteiger charge is -2.19. The number of hydrogen-bond donors (Lipinski definition) is 2. The molecule has 3 heterocycles. The minimum Gasteiger partial charge on any atom is -0.463 e. The number of nitrogens with one attached hydrogen (secondary N) is 2. The Hall–Kier alpha value is -3.13. The van der Waals surface area contributed by atoms with Gasteiger partial charge in [0.15, 0.2) is 17.2 Å². The second-order valence-electron chi connectivity index (χ2n) is 6.22. The van der Waals surface area contributed by atoms with Crippen molar-refractivity contribution in [3.63, 3.8) is 0 Å². The van der Waals surface area contributed by atoms with Gasteiger partial charge in [-0.2, -0.15) is 0 Å². The van der Waals surface area contributed by atoms with E-state index in [0.717, 1.165) is 46.4 Å². The van der Waals surface area contributed by atoms with Gasteiger partial charge >= 0.3 is 0 Å². The fourth-order valence-electron chi connectivity index (χ4n) is 2.84. The maximum atomic E-state index is 5.92. The molecule has 0 amide bonds. The molecule has 1 aliphatic carbocycles. The molecule has 0 spiro atoms. The number of hydrogen-bond acceptors (Lipinski definition) is 8. The third-order valence-electron chi connectivity index (χ3n) is 4.15. The lowest BCUT2D eigenvalue weighted by Crippen LogP contribution is -2.12. The first-order valence-corrected chi connectivity index (χ1v) is 9.96. The Labute approximate surface area is 167 Å². The molecular formula is C20H21N5O2S. The molecule has 0 unspecified atom stereocenters. The zero-order chi connectivity index (χ0) is 19.3. The van der Waals surface area contributed by atoms with Gasteiger partial charge in [0.05, 0.1) is 16.3 Å². The fraction of sp³-hybridized carbons (Fsp3) is 0.250. The maximum Gasteiger partial charge on any atom is 0.235 e. The van der Waals surface area contributed by atoms with Gasteiger partial charge in [-0.25, -0.2) is 15.0 Å². The highest BCUT2D eigenvalue weighted by Gasteiger charge is 2.17. The summed E-state index contributed by atoms with van der Waals surface area (Å²) in [6.07, 6.45) is 12.9. The van der Waals surface area contributed by atoms with Crippen LogP contribution in [0, 0.1) is 6.92 Å². The number of aryl methyl sites for hydroxylation is 1. The average Bonchev–Trinajstić information content (AvgIpc) is 3.10. The summed E-state index contributed by atoms with van der Waals surface area (Å²) in [7, 11) is 0. The predicted molar refractivity (Wildman–Crippen MR) is 110 cm³/mol. The van der Waals surface area contributed by atoms with Crippen molar-refractivity contribution in [1.82, 2.24) is 15.0 Å².